The lowest BCUT2D eigenvalue weighted by molar-refractivity contribution is -0.114. The summed E-state index contributed by atoms with van der Waals surface area (Å²) in [4.78, 5) is 23.2. The highest BCUT2D eigenvalue weighted by atomic mass is 16.4. The molecule has 1 atom stereocenters. The van der Waals surface area contributed by atoms with Crippen LogP contribution in [0.4, 0.5) is 5.69 Å². The Morgan fingerprint density at radius 3 is 2.73 bits per heavy atom. The van der Waals surface area contributed by atoms with Crippen LogP contribution in [-0.4, -0.2) is 23.5 Å². The van der Waals surface area contributed by atoms with Crippen molar-refractivity contribution in [2.24, 2.45) is 0 Å². The van der Waals surface area contributed by atoms with Gasteiger partial charge in [-0.1, -0.05) is 6.07 Å². The number of aryl methyl sites for hydroxylation is 1. The van der Waals surface area contributed by atoms with Crippen LogP contribution in [0.25, 0.3) is 0 Å². The second-order valence-electron chi connectivity index (χ2n) is 4.95. The molecule has 3 N–H and O–H groups in total. The summed E-state index contributed by atoms with van der Waals surface area (Å²) >= 11 is 0. The van der Waals surface area contributed by atoms with Gasteiger partial charge in [0.05, 0.1) is 12.8 Å². The summed E-state index contributed by atoms with van der Waals surface area (Å²) in [5.41, 5.74) is 1.86. The zero-order valence-corrected chi connectivity index (χ0v) is 12.4. The third-order valence-corrected chi connectivity index (χ3v) is 3.14. The molecule has 1 heterocycles. The molecule has 6 heteroatoms. The smallest absolute Gasteiger partial charge is 0.251 e. The maximum atomic E-state index is 12.1. The second kappa shape index (κ2) is 6.91. The molecule has 0 saturated heterocycles. The topological polar surface area (TPSA) is 91.6 Å². The summed E-state index contributed by atoms with van der Waals surface area (Å²) in [5, 5.41) is 15.2. The molecule has 1 aromatic heterocycles. The van der Waals surface area contributed by atoms with Crippen LogP contribution in [-0.2, 0) is 4.79 Å². The minimum absolute atomic E-state index is 0.0374. The van der Waals surface area contributed by atoms with E-state index in [2.05, 4.69) is 10.6 Å². The van der Waals surface area contributed by atoms with Crippen LogP contribution in [0.2, 0.25) is 0 Å². The van der Waals surface area contributed by atoms with E-state index in [4.69, 9.17) is 4.42 Å². The zero-order chi connectivity index (χ0) is 16.1. The van der Waals surface area contributed by atoms with Crippen molar-refractivity contribution in [3.63, 3.8) is 0 Å². The third-order valence-electron chi connectivity index (χ3n) is 3.14. The van der Waals surface area contributed by atoms with Crippen molar-refractivity contribution in [2.45, 2.75) is 20.0 Å². The minimum atomic E-state index is -0.904. The van der Waals surface area contributed by atoms with Gasteiger partial charge in [-0.2, -0.15) is 0 Å². The lowest BCUT2D eigenvalue weighted by Crippen LogP contribution is -2.28. The fourth-order valence-electron chi connectivity index (χ4n) is 1.96. The van der Waals surface area contributed by atoms with Crippen molar-refractivity contribution in [3.05, 3.63) is 53.5 Å². The standard InChI is InChI=1S/C16H18N2O4/c1-10-5-6-12(8-13(10)18-11(2)19)16(21)17-9-14(20)15-4-3-7-22-15/h3-8,14,20H,9H2,1-2H3,(H,17,21)(H,18,19). The number of benzene rings is 1. The van der Waals surface area contributed by atoms with Crippen LogP contribution in [0.3, 0.4) is 0 Å². The molecular weight excluding hydrogens is 284 g/mol. The summed E-state index contributed by atoms with van der Waals surface area (Å²) in [7, 11) is 0. The van der Waals surface area contributed by atoms with Crippen molar-refractivity contribution in [1.82, 2.24) is 5.32 Å². The van der Waals surface area contributed by atoms with Crippen LogP contribution in [0.1, 0.15) is 34.7 Å². The van der Waals surface area contributed by atoms with E-state index in [-0.39, 0.29) is 18.4 Å². The van der Waals surface area contributed by atoms with Gasteiger partial charge in [0.15, 0.2) is 0 Å². The average Bonchev–Trinajstić information content (AvgIpc) is 3.00. The summed E-state index contributed by atoms with van der Waals surface area (Å²) in [5.74, 6) is -0.144. The summed E-state index contributed by atoms with van der Waals surface area (Å²) in [6.07, 6.45) is 0.555. The molecule has 0 bridgehead atoms. The minimum Gasteiger partial charge on any atom is -0.467 e. The van der Waals surface area contributed by atoms with Gasteiger partial charge in [0.25, 0.3) is 5.91 Å². The van der Waals surface area contributed by atoms with Crippen LogP contribution in [0.15, 0.2) is 41.0 Å². The number of carbonyl (C=O) groups excluding carboxylic acids is 2. The number of aliphatic hydroxyl groups is 1. The zero-order valence-electron chi connectivity index (χ0n) is 12.4. The van der Waals surface area contributed by atoms with E-state index >= 15 is 0 Å². The molecule has 0 aliphatic carbocycles. The molecule has 0 radical (unpaired) electrons. The van der Waals surface area contributed by atoms with Crippen LogP contribution >= 0.6 is 0 Å². The summed E-state index contributed by atoms with van der Waals surface area (Å²) in [6, 6.07) is 8.32. The van der Waals surface area contributed by atoms with Crippen LogP contribution < -0.4 is 10.6 Å². The molecule has 0 spiro atoms. The van der Waals surface area contributed by atoms with Gasteiger partial charge < -0.3 is 20.2 Å². The average molecular weight is 302 g/mol. The summed E-state index contributed by atoms with van der Waals surface area (Å²) < 4.78 is 5.06. The fraction of sp³-hybridized carbons (Fsp3) is 0.250. The molecule has 1 unspecified atom stereocenters. The number of nitrogens with one attached hydrogen (secondary N) is 2. The van der Waals surface area contributed by atoms with Crippen LogP contribution in [0, 0.1) is 6.92 Å². The number of carbonyl (C=O) groups is 2. The Bertz CT molecular complexity index is 665. The first-order chi connectivity index (χ1) is 10.5. The Morgan fingerprint density at radius 1 is 1.32 bits per heavy atom. The lowest BCUT2D eigenvalue weighted by atomic mass is 10.1. The largest absolute Gasteiger partial charge is 0.467 e. The van der Waals surface area contributed by atoms with E-state index in [0.29, 0.717) is 17.0 Å². The molecule has 2 amide bonds. The van der Waals surface area contributed by atoms with E-state index in [9.17, 15) is 14.7 Å². The van der Waals surface area contributed by atoms with E-state index < -0.39 is 6.10 Å². The predicted octanol–water partition coefficient (Wildman–Crippen LogP) is 2.01. The lowest BCUT2D eigenvalue weighted by Gasteiger charge is -2.12. The van der Waals surface area contributed by atoms with Gasteiger partial charge in [-0.25, -0.2) is 0 Å². The predicted molar refractivity (Wildman–Crippen MR) is 81.5 cm³/mol. The fourth-order valence-corrected chi connectivity index (χ4v) is 1.96. The van der Waals surface area contributed by atoms with Crippen LogP contribution in [0.5, 0.6) is 0 Å². The van der Waals surface area contributed by atoms with Gasteiger partial charge in [0.1, 0.15) is 11.9 Å². The molecule has 116 valence electrons. The number of furan rings is 1. The van der Waals surface area contributed by atoms with E-state index in [0.717, 1.165) is 5.56 Å². The van der Waals surface area contributed by atoms with Gasteiger partial charge in [-0.3, -0.25) is 9.59 Å². The Morgan fingerprint density at radius 2 is 2.09 bits per heavy atom. The highest BCUT2D eigenvalue weighted by molar-refractivity contribution is 5.97. The molecule has 0 aliphatic rings. The van der Waals surface area contributed by atoms with Crippen molar-refractivity contribution in [3.8, 4) is 0 Å². The normalized spacial score (nSPS) is 11.8. The Labute approximate surface area is 128 Å². The Hall–Kier alpha value is -2.60. The summed E-state index contributed by atoms with van der Waals surface area (Å²) in [6.45, 7) is 3.29. The van der Waals surface area contributed by atoms with Gasteiger partial charge >= 0.3 is 0 Å². The Balaban J connectivity index is 2.01. The van der Waals surface area contributed by atoms with Crippen molar-refractivity contribution < 1.29 is 19.1 Å². The first-order valence-electron chi connectivity index (χ1n) is 6.85. The monoisotopic (exact) mass is 302 g/mol. The second-order valence-corrected chi connectivity index (χ2v) is 4.95. The SMILES string of the molecule is CC(=O)Nc1cc(C(=O)NCC(O)c2ccco2)ccc1C. The third kappa shape index (κ3) is 3.95. The highest BCUT2D eigenvalue weighted by Crippen LogP contribution is 2.17. The van der Waals surface area contributed by atoms with E-state index in [1.165, 1.54) is 13.2 Å². The maximum absolute atomic E-state index is 12.1. The van der Waals surface area contributed by atoms with Crippen molar-refractivity contribution in [1.29, 1.82) is 0 Å². The quantitative estimate of drug-likeness (QED) is 0.788. The molecular formula is C16H18N2O4. The molecule has 1 aromatic carbocycles. The first-order valence-corrected chi connectivity index (χ1v) is 6.85. The molecule has 2 aromatic rings. The van der Waals surface area contributed by atoms with Gasteiger partial charge in [0.2, 0.25) is 5.91 Å². The van der Waals surface area contributed by atoms with E-state index in [1.807, 2.05) is 6.92 Å². The first kappa shape index (κ1) is 15.8. The number of amides is 2. The molecule has 0 saturated carbocycles. The van der Waals surface area contributed by atoms with Crippen molar-refractivity contribution >= 4 is 17.5 Å². The maximum Gasteiger partial charge on any atom is 0.251 e. The Kier molecular flexibility index (Phi) is 4.95. The highest BCUT2D eigenvalue weighted by Gasteiger charge is 2.14. The number of rotatable bonds is 5. The number of aliphatic hydroxyl groups excluding tert-OH is 1. The van der Waals surface area contributed by atoms with Gasteiger partial charge in [0, 0.05) is 18.2 Å². The van der Waals surface area contributed by atoms with Crippen molar-refractivity contribution in [2.75, 3.05) is 11.9 Å². The molecule has 0 fully saturated rings. The number of anilines is 1. The number of hydrogen-bond acceptors (Lipinski definition) is 4. The van der Waals surface area contributed by atoms with E-state index in [1.54, 1.807) is 30.3 Å². The molecule has 22 heavy (non-hydrogen) atoms. The number of hydrogen-bond donors (Lipinski definition) is 3. The molecule has 6 nitrogen and oxygen atoms in total. The molecule has 0 aliphatic heterocycles. The van der Waals surface area contributed by atoms with Gasteiger partial charge in [-0.15, -0.1) is 0 Å². The van der Waals surface area contributed by atoms with Gasteiger partial charge in [-0.05, 0) is 36.8 Å². The molecule has 2 rings (SSSR count).